The summed E-state index contributed by atoms with van der Waals surface area (Å²) in [5.74, 6) is 0.447. The molecule has 5 rings (SSSR count). The third kappa shape index (κ3) is 5.43. The Balaban J connectivity index is 1.88. The van der Waals surface area contributed by atoms with Crippen LogP contribution in [0.25, 0.3) is 0 Å². The smallest absolute Gasteiger partial charge is 0.319 e. The Hall–Kier alpha value is -3.66. The quantitative estimate of drug-likeness (QED) is 0.198. The van der Waals surface area contributed by atoms with Crippen molar-refractivity contribution in [3.63, 3.8) is 0 Å². The van der Waals surface area contributed by atoms with Crippen molar-refractivity contribution in [3.05, 3.63) is 127 Å². The summed E-state index contributed by atoms with van der Waals surface area (Å²) in [6.07, 6.45) is 0.629. The van der Waals surface area contributed by atoms with Crippen molar-refractivity contribution in [1.29, 1.82) is 0 Å². The van der Waals surface area contributed by atoms with Gasteiger partial charge in [0.25, 0.3) is 0 Å². The summed E-state index contributed by atoms with van der Waals surface area (Å²) < 4.78 is 5.44. The van der Waals surface area contributed by atoms with Crippen molar-refractivity contribution in [2.24, 2.45) is 9.98 Å². The fourth-order valence-electron chi connectivity index (χ4n) is 4.77. The lowest BCUT2D eigenvalue weighted by molar-refractivity contribution is -0.142. The number of aliphatic imine (C=N–C) groups is 2. The van der Waals surface area contributed by atoms with Crippen molar-refractivity contribution in [2.45, 2.75) is 25.5 Å². The van der Waals surface area contributed by atoms with Crippen LogP contribution >= 0.6 is 18.6 Å². The van der Waals surface area contributed by atoms with Gasteiger partial charge < -0.3 is 4.74 Å². The number of ether oxygens (including phenoxy) is 1. The average molecular weight is 551 g/mol. The molecule has 1 atom stereocenters. The molecule has 0 unspecified atom stereocenters. The molecule has 6 heteroatoms. The first-order valence-corrected chi connectivity index (χ1v) is 15.8. The number of thioether (sulfide) groups is 1. The molecule has 0 aliphatic carbocycles. The van der Waals surface area contributed by atoms with E-state index in [9.17, 15) is 4.79 Å². The Kier molecular flexibility index (Phi) is 8.61. The third-order valence-corrected chi connectivity index (χ3v) is 12.2. The van der Waals surface area contributed by atoms with Crippen LogP contribution in [0.3, 0.4) is 0 Å². The van der Waals surface area contributed by atoms with E-state index in [2.05, 4.69) is 72.8 Å². The molecule has 0 amide bonds. The molecule has 1 heterocycles. The topological polar surface area (TPSA) is 51.0 Å². The highest BCUT2D eigenvalue weighted by molar-refractivity contribution is 8.19. The lowest BCUT2D eigenvalue weighted by atomic mass is 10.2. The van der Waals surface area contributed by atoms with E-state index in [-0.39, 0.29) is 11.2 Å². The van der Waals surface area contributed by atoms with Crippen molar-refractivity contribution in [3.8, 4) is 0 Å². The van der Waals surface area contributed by atoms with Gasteiger partial charge >= 0.3 is 5.97 Å². The Morgan fingerprint density at radius 2 is 1.18 bits per heavy atom. The number of amidine groups is 1. The zero-order valence-corrected chi connectivity index (χ0v) is 23.8. The van der Waals surface area contributed by atoms with Crippen LogP contribution in [0, 0.1) is 0 Å². The second-order valence-electron chi connectivity index (χ2n) is 8.99. The van der Waals surface area contributed by atoms with Crippen LogP contribution in [-0.4, -0.2) is 34.1 Å². The number of hydrogen-bond donors (Lipinski definition) is 0. The van der Waals surface area contributed by atoms with Crippen molar-refractivity contribution in [2.75, 3.05) is 6.61 Å². The molecule has 0 N–H and O–H groups in total. The molecular formula is C33H31N2O2PS. The maximum atomic E-state index is 12.9. The molecule has 1 aliphatic rings. The average Bonchev–Trinajstić information content (AvgIpc) is 3.42. The monoisotopic (exact) mass is 550 g/mol. The van der Waals surface area contributed by atoms with Crippen molar-refractivity contribution >= 4 is 56.8 Å². The SMILES string of the molecule is CCOC(=O)[C@@H](CC)SC1=NC(c2ccccc2)=NC1=P(c1ccccc1)(c1ccccc1)c1ccccc1. The Labute approximate surface area is 234 Å². The molecule has 0 saturated carbocycles. The molecule has 196 valence electrons. The molecule has 1 aliphatic heterocycles. The van der Waals surface area contributed by atoms with E-state index in [1.165, 1.54) is 27.7 Å². The fraction of sp³-hybridized carbons (Fsp3) is 0.152. The Bertz CT molecular complexity index is 1430. The maximum absolute atomic E-state index is 12.9. The lowest BCUT2D eigenvalue weighted by Gasteiger charge is -2.30. The van der Waals surface area contributed by atoms with Gasteiger partial charge in [-0.25, -0.2) is 9.98 Å². The van der Waals surface area contributed by atoms with Gasteiger partial charge in [0.05, 0.1) is 6.61 Å². The van der Waals surface area contributed by atoms with Crippen molar-refractivity contribution in [1.82, 2.24) is 0 Å². The van der Waals surface area contributed by atoms with Crippen LogP contribution in [0.5, 0.6) is 0 Å². The number of benzene rings is 4. The highest BCUT2D eigenvalue weighted by atomic mass is 32.2. The summed E-state index contributed by atoms with van der Waals surface area (Å²) in [4.78, 5) is 23.4. The second-order valence-corrected chi connectivity index (χ2v) is 13.5. The summed E-state index contributed by atoms with van der Waals surface area (Å²) in [5, 5.41) is 3.96. The number of rotatable bonds is 8. The first-order valence-electron chi connectivity index (χ1n) is 13.2. The molecule has 4 aromatic carbocycles. The van der Waals surface area contributed by atoms with E-state index in [1.807, 2.05) is 62.4 Å². The largest absolute Gasteiger partial charge is 0.465 e. The van der Waals surface area contributed by atoms with Gasteiger partial charge in [-0.3, -0.25) is 4.79 Å². The zero-order valence-electron chi connectivity index (χ0n) is 22.1. The normalized spacial score (nSPS) is 13.9. The van der Waals surface area contributed by atoms with E-state index in [1.54, 1.807) is 0 Å². The van der Waals surface area contributed by atoms with E-state index in [0.717, 1.165) is 16.0 Å². The molecule has 0 bridgehead atoms. The van der Waals surface area contributed by atoms with Crippen LogP contribution < -0.4 is 15.9 Å². The van der Waals surface area contributed by atoms with Gasteiger partial charge in [0.2, 0.25) is 0 Å². The van der Waals surface area contributed by atoms with Gasteiger partial charge in [0.1, 0.15) is 15.7 Å². The summed E-state index contributed by atoms with van der Waals surface area (Å²) in [6.45, 7) is 1.70. The predicted octanol–water partition coefficient (Wildman–Crippen LogP) is 6.04. The second kappa shape index (κ2) is 12.5. The first-order chi connectivity index (χ1) is 19.2. The van der Waals surface area contributed by atoms with E-state index in [4.69, 9.17) is 14.7 Å². The van der Waals surface area contributed by atoms with Gasteiger partial charge in [-0.1, -0.05) is 140 Å². The number of hydrogen-bond acceptors (Lipinski definition) is 4. The van der Waals surface area contributed by atoms with Crippen LogP contribution in [0.4, 0.5) is 0 Å². The molecule has 4 aromatic rings. The number of carbonyl (C=O) groups is 1. The molecule has 0 fully saturated rings. The molecule has 39 heavy (non-hydrogen) atoms. The maximum Gasteiger partial charge on any atom is 0.319 e. The standard InChI is InChI=1S/C33H31N2O2PS/c1-3-29(33(36)37-4-2)39-32-31(34-30(35-32)25-17-9-5-10-18-25)38(26-19-11-6-12-20-26,27-21-13-7-14-22-27)28-23-15-8-16-24-28/h5-24,29H,3-4H2,1-2H3/t29-/m1/s1. The van der Waals surface area contributed by atoms with Gasteiger partial charge in [-0.2, -0.15) is 0 Å². The minimum absolute atomic E-state index is 0.219. The Morgan fingerprint density at radius 1 is 0.718 bits per heavy atom. The summed E-state index contributed by atoms with van der Waals surface area (Å²) in [5.41, 5.74) is 1.86. The molecule has 0 aromatic heterocycles. The van der Waals surface area contributed by atoms with E-state index >= 15 is 0 Å². The van der Waals surface area contributed by atoms with Crippen molar-refractivity contribution < 1.29 is 9.53 Å². The van der Waals surface area contributed by atoms with Crippen LogP contribution in [-0.2, 0) is 9.53 Å². The fourth-order valence-corrected chi connectivity index (χ4v) is 10.3. The zero-order chi connectivity index (χ0) is 27.1. The highest BCUT2D eigenvalue weighted by Gasteiger charge is 2.37. The van der Waals surface area contributed by atoms with Gasteiger partial charge in [-0.05, 0) is 29.3 Å². The number of esters is 1. The molecule has 0 spiro atoms. The van der Waals surface area contributed by atoms with E-state index < -0.39 is 6.89 Å². The highest BCUT2D eigenvalue weighted by Crippen LogP contribution is 2.49. The molecule has 0 radical (unpaired) electrons. The number of carbonyl (C=O) groups excluding carboxylic acids is 1. The molecule has 4 nitrogen and oxygen atoms in total. The van der Waals surface area contributed by atoms with E-state index in [0.29, 0.717) is 18.9 Å². The van der Waals surface area contributed by atoms with Gasteiger partial charge in [-0.15, -0.1) is 0 Å². The number of nitrogens with zero attached hydrogens (tertiary/aromatic N) is 2. The van der Waals surface area contributed by atoms with Gasteiger partial charge in [0.15, 0.2) is 5.84 Å². The lowest BCUT2D eigenvalue weighted by Crippen LogP contribution is -2.32. The minimum Gasteiger partial charge on any atom is -0.465 e. The summed E-state index contributed by atoms with van der Waals surface area (Å²) in [7, 11) is 0. The molecular weight excluding hydrogens is 519 g/mol. The molecule has 0 saturated heterocycles. The Morgan fingerprint density at radius 3 is 1.62 bits per heavy atom. The van der Waals surface area contributed by atoms with Crippen LogP contribution in [0.15, 0.2) is 131 Å². The third-order valence-electron chi connectivity index (χ3n) is 6.56. The summed E-state index contributed by atoms with van der Waals surface area (Å²) in [6, 6.07) is 41.9. The van der Waals surface area contributed by atoms with Crippen LogP contribution in [0.1, 0.15) is 25.8 Å². The first kappa shape index (κ1) is 26.9. The van der Waals surface area contributed by atoms with Gasteiger partial charge in [0, 0.05) is 12.4 Å². The van der Waals surface area contributed by atoms with Crippen LogP contribution in [0.2, 0.25) is 0 Å². The summed E-state index contributed by atoms with van der Waals surface area (Å²) >= 11 is 1.47. The minimum atomic E-state index is -2.50. The predicted molar refractivity (Wildman–Crippen MR) is 169 cm³/mol.